The second-order valence-corrected chi connectivity index (χ2v) is 5.32. The second-order valence-electron chi connectivity index (χ2n) is 5.32. The van der Waals surface area contributed by atoms with E-state index in [1.807, 2.05) is 6.20 Å². The number of pyridine rings is 1. The second kappa shape index (κ2) is 4.75. The van der Waals surface area contributed by atoms with E-state index in [4.69, 9.17) is 0 Å². The van der Waals surface area contributed by atoms with E-state index in [2.05, 4.69) is 57.1 Å². The fourth-order valence-electron chi connectivity index (χ4n) is 1.28. The van der Waals surface area contributed by atoms with Gasteiger partial charge >= 0.3 is 0 Å². The van der Waals surface area contributed by atoms with Crippen LogP contribution in [0.25, 0.3) is 0 Å². The zero-order valence-electron chi connectivity index (χ0n) is 10.5. The molecule has 0 amide bonds. The van der Waals surface area contributed by atoms with Crippen LogP contribution in [0.3, 0.4) is 0 Å². The number of nitrogens with zero attached hydrogens (tertiary/aromatic N) is 1. The van der Waals surface area contributed by atoms with Crippen molar-refractivity contribution in [3.63, 3.8) is 0 Å². The van der Waals surface area contributed by atoms with Gasteiger partial charge in [0.1, 0.15) is 0 Å². The van der Waals surface area contributed by atoms with E-state index in [-0.39, 0.29) is 5.41 Å². The Bertz CT molecular complexity index is 293. The van der Waals surface area contributed by atoms with Crippen molar-refractivity contribution in [2.24, 2.45) is 0 Å². The Morgan fingerprint density at radius 1 is 1.27 bits per heavy atom. The predicted octanol–water partition coefficient (Wildman–Crippen LogP) is 2.88. The average molecular weight is 206 g/mol. The van der Waals surface area contributed by atoms with Gasteiger partial charge in [-0.3, -0.25) is 4.98 Å². The summed E-state index contributed by atoms with van der Waals surface area (Å²) in [7, 11) is 0. The highest BCUT2D eigenvalue weighted by Gasteiger charge is 2.13. The third kappa shape index (κ3) is 4.00. The minimum Gasteiger partial charge on any atom is -0.309 e. The first kappa shape index (κ1) is 12.2. The lowest BCUT2D eigenvalue weighted by Gasteiger charge is -2.18. The lowest BCUT2D eigenvalue weighted by atomic mass is 9.88. The zero-order chi connectivity index (χ0) is 11.5. The summed E-state index contributed by atoms with van der Waals surface area (Å²) in [5, 5.41) is 3.36. The van der Waals surface area contributed by atoms with Crippen LogP contribution in [0.1, 0.15) is 45.9 Å². The van der Waals surface area contributed by atoms with Gasteiger partial charge in [0.25, 0.3) is 0 Å². The molecule has 0 aliphatic heterocycles. The number of nitrogens with one attached hydrogen (secondary N) is 1. The maximum atomic E-state index is 4.45. The van der Waals surface area contributed by atoms with E-state index in [9.17, 15) is 0 Å². The molecule has 0 spiro atoms. The van der Waals surface area contributed by atoms with Gasteiger partial charge in [0.2, 0.25) is 0 Å². The van der Waals surface area contributed by atoms with Gasteiger partial charge in [0, 0.05) is 18.8 Å². The molecule has 0 unspecified atom stereocenters. The quantitative estimate of drug-likeness (QED) is 0.822. The molecule has 0 fully saturated rings. The van der Waals surface area contributed by atoms with E-state index in [0.717, 1.165) is 12.2 Å². The molecule has 0 bridgehead atoms. The first-order valence-corrected chi connectivity index (χ1v) is 5.58. The number of rotatable bonds is 3. The summed E-state index contributed by atoms with van der Waals surface area (Å²) in [5.74, 6) is 0. The van der Waals surface area contributed by atoms with Crippen molar-refractivity contribution in [2.75, 3.05) is 0 Å². The van der Waals surface area contributed by atoms with Crippen LogP contribution in [0.4, 0.5) is 0 Å². The van der Waals surface area contributed by atoms with Crippen molar-refractivity contribution in [2.45, 2.75) is 52.6 Å². The number of aromatic nitrogens is 1. The molecular weight excluding hydrogens is 184 g/mol. The Labute approximate surface area is 93.1 Å². The summed E-state index contributed by atoms with van der Waals surface area (Å²) >= 11 is 0. The van der Waals surface area contributed by atoms with Crippen LogP contribution in [-0.2, 0) is 12.0 Å². The van der Waals surface area contributed by atoms with Crippen LogP contribution in [0.15, 0.2) is 18.3 Å². The maximum Gasteiger partial charge on any atom is 0.0541 e. The van der Waals surface area contributed by atoms with Gasteiger partial charge in [-0.1, -0.05) is 40.7 Å². The van der Waals surface area contributed by atoms with Gasteiger partial charge in [-0.05, 0) is 17.0 Å². The van der Waals surface area contributed by atoms with Crippen LogP contribution in [0.2, 0.25) is 0 Å². The molecule has 1 aromatic rings. The average Bonchev–Trinajstić information content (AvgIpc) is 2.14. The molecule has 84 valence electrons. The molecule has 15 heavy (non-hydrogen) atoms. The molecule has 0 saturated heterocycles. The Hall–Kier alpha value is -0.890. The summed E-state index contributed by atoms with van der Waals surface area (Å²) in [6.07, 6.45) is 1.98. The SMILES string of the molecule is CC(C)NCc1ccc(C(C)(C)C)cn1. The Kier molecular flexibility index (Phi) is 3.86. The molecule has 0 atom stereocenters. The topological polar surface area (TPSA) is 24.9 Å². The van der Waals surface area contributed by atoms with Gasteiger partial charge in [-0.2, -0.15) is 0 Å². The molecule has 0 aliphatic rings. The van der Waals surface area contributed by atoms with E-state index in [1.165, 1.54) is 5.56 Å². The summed E-state index contributed by atoms with van der Waals surface area (Å²) in [4.78, 5) is 4.45. The molecule has 0 radical (unpaired) electrons. The summed E-state index contributed by atoms with van der Waals surface area (Å²) in [6, 6.07) is 4.79. The van der Waals surface area contributed by atoms with Crippen molar-refractivity contribution in [1.29, 1.82) is 0 Å². The van der Waals surface area contributed by atoms with Crippen LogP contribution >= 0.6 is 0 Å². The molecular formula is C13H22N2. The highest BCUT2D eigenvalue weighted by Crippen LogP contribution is 2.20. The van der Waals surface area contributed by atoms with Crippen molar-refractivity contribution in [3.05, 3.63) is 29.6 Å². The molecule has 1 heterocycles. The summed E-state index contributed by atoms with van der Waals surface area (Å²) < 4.78 is 0. The van der Waals surface area contributed by atoms with E-state index >= 15 is 0 Å². The molecule has 2 heteroatoms. The standard InChI is InChI=1S/C13H22N2/c1-10(2)14-9-12-7-6-11(8-15-12)13(3,4)5/h6-8,10,14H,9H2,1-5H3. The van der Waals surface area contributed by atoms with Crippen LogP contribution in [-0.4, -0.2) is 11.0 Å². The molecule has 1 N–H and O–H groups in total. The molecule has 2 nitrogen and oxygen atoms in total. The Balaban J connectivity index is 2.65. The lowest BCUT2D eigenvalue weighted by Crippen LogP contribution is -2.22. The summed E-state index contributed by atoms with van der Waals surface area (Å²) in [5.41, 5.74) is 2.59. The fraction of sp³-hybridized carbons (Fsp3) is 0.615. The van der Waals surface area contributed by atoms with E-state index < -0.39 is 0 Å². The first-order valence-electron chi connectivity index (χ1n) is 5.58. The van der Waals surface area contributed by atoms with Gasteiger partial charge in [-0.25, -0.2) is 0 Å². The van der Waals surface area contributed by atoms with E-state index in [0.29, 0.717) is 6.04 Å². The number of hydrogen-bond donors (Lipinski definition) is 1. The molecule has 0 aromatic carbocycles. The van der Waals surface area contributed by atoms with Gasteiger partial charge < -0.3 is 5.32 Å². The molecule has 1 aromatic heterocycles. The maximum absolute atomic E-state index is 4.45. The predicted molar refractivity (Wildman–Crippen MR) is 64.9 cm³/mol. The van der Waals surface area contributed by atoms with Crippen molar-refractivity contribution < 1.29 is 0 Å². The zero-order valence-corrected chi connectivity index (χ0v) is 10.5. The van der Waals surface area contributed by atoms with Crippen molar-refractivity contribution in [1.82, 2.24) is 10.3 Å². The minimum atomic E-state index is 0.191. The van der Waals surface area contributed by atoms with Crippen molar-refractivity contribution in [3.8, 4) is 0 Å². The highest BCUT2D eigenvalue weighted by atomic mass is 14.9. The van der Waals surface area contributed by atoms with Crippen LogP contribution in [0.5, 0.6) is 0 Å². The summed E-state index contributed by atoms with van der Waals surface area (Å²) in [6.45, 7) is 11.7. The third-order valence-electron chi connectivity index (χ3n) is 2.38. The molecule has 0 aliphatic carbocycles. The molecule has 0 saturated carbocycles. The largest absolute Gasteiger partial charge is 0.309 e. The fourth-order valence-corrected chi connectivity index (χ4v) is 1.28. The highest BCUT2D eigenvalue weighted by molar-refractivity contribution is 5.21. The first-order chi connectivity index (χ1) is 6.89. The normalized spacial score (nSPS) is 12.1. The smallest absolute Gasteiger partial charge is 0.0541 e. The van der Waals surface area contributed by atoms with E-state index in [1.54, 1.807) is 0 Å². The minimum absolute atomic E-state index is 0.191. The van der Waals surface area contributed by atoms with Gasteiger partial charge in [-0.15, -0.1) is 0 Å². The molecule has 1 rings (SSSR count). The van der Waals surface area contributed by atoms with Gasteiger partial charge in [0.05, 0.1) is 5.69 Å². The van der Waals surface area contributed by atoms with Crippen molar-refractivity contribution >= 4 is 0 Å². The Morgan fingerprint density at radius 2 is 1.93 bits per heavy atom. The van der Waals surface area contributed by atoms with Crippen LogP contribution < -0.4 is 5.32 Å². The monoisotopic (exact) mass is 206 g/mol. The number of hydrogen-bond acceptors (Lipinski definition) is 2. The lowest BCUT2D eigenvalue weighted by molar-refractivity contribution is 0.572. The Morgan fingerprint density at radius 3 is 2.33 bits per heavy atom. The van der Waals surface area contributed by atoms with Crippen LogP contribution in [0, 0.1) is 0 Å². The third-order valence-corrected chi connectivity index (χ3v) is 2.38. The van der Waals surface area contributed by atoms with Gasteiger partial charge in [0.15, 0.2) is 0 Å².